The second-order valence-corrected chi connectivity index (χ2v) is 8.25. The fraction of sp³-hybridized carbons (Fsp3) is 0.333. The minimum Gasteiger partial charge on any atom is -0.212 e. The van der Waals surface area contributed by atoms with Crippen LogP contribution in [0.5, 0.6) is 0 Å². The molecule has 0 aliphatic rings. The van der Waals surface area contributed by atoms with Crippen molar-refractivity contribution in [2.24, 2.45) is 0 Å². The Balaban J connectivity index is 2.25. The van der Waals surface area contributed by atoms with Gasteiger partial charge in [-0.1, -0.05) is 29.8 Å². The molecule has 0 amide bonds. The molecule has 0 aliphatic heterocycles. The van der Waals surface area contributed by atoms with Crippen LogP contribution in [0.3, 0.4) is 0 Å². The molecule has 2 aromatic rings. The van der Waals surface area contributed by atoms with Gasteiger partial charge in [0, 0.05) is 16.6 Å². The Morgan fingerprint density at radius 3 is 2.38 bits per heavy atom. The summed E-state index contributed by atoms with van der Waals surface area (Å²) < 4.78 is 41.3. The number of hydrogen-bond acceptors (Lipinski definition) is 2. The van der Waals surface area contributed by atoms with E-state index in [4.69, 9.17) is 11.6 Å². The fourth-order valence-corrected chi connectivity index (χ4v) is 4.42. The van der Waals surface area contributed by atoms with Crippen LogP contribution in [0.15, 0.2) is 30.3 Å². The molecule has 130 valence electrons. The van der Waals surface area contributed by atoms with E-state index in [2.05, 4.69) is 4.72 Å². The average Bonchev–Trinajstić information content (AvgIpc) is 2.46. The van der Waals surface area contributed by atoms with Crippen LogP contribution < -0.4 is 4.72 Å². The Hall–Kier alpha value is -1.43. The van der Waals surface area contributed by atoms with Gasteiger partial charge in [0.15, 0.2) is 0 Å². The third-order valence-electron chi connectivity index (χ3n) is 4.10. The molecule has 0 bridgehead atoms. The molecule has 0 saturated heterocycles. The minimum atomic E-state index is -3.74. The van der Waals surface area contributed by atoms with Gasteiger partial charge in [-0.2, -0.15) is 0 Å². The van der Waals surface area contributed by atoms with Gasteiger partial charge in [-0.15, -0.1) is 0 Å². The minimum absolute atomic E-state index is 0.0179. The molecule has 0 fully saturated rings. The predicted octanol–water partition coefficient (Wildman–Crippen LogP) is 4.58. The van der Waals surface area contributed by atoms with Gasteiger partial charge in [-0.05, 0) is 62.1 Å². The van der Waals surface area contributed by atoms with Gasteiger partial charge < -0.3 is 0 Å². The first-order valence-electron chi connectivity index (χ1n) is 7.61. The van der Waals surface area contributed by atoms with Crippen molar-refractivity contribution in [2.75, 3.05) is 0 Å². The van der Waals surface area contributed by atoms with Gasteiger partial charge in [-0.3, -0.25) is 0 Å². The molecule has 0 aliphatic carbocycles. The first-order chi connectivity index (χ1) is 11.1. The molecule has 0 aromatic heterocycles. The highest BCUT2D eigenvalue weighted by molar-refractivity contribution is 7.88. The monoisotopic (exact) mass is 369 g/mol. The Bertz CT molecular complexity index is 845. The fourth-order valence-electron chi connectivity index (χ4n) is 2.68. The van der Waals surface area contributed by atoms with E-state index in [1.165, 1.54) is 18.2 Å². The summed E-state index contributed by atoms with van der Waals surface area (Å²) in [5.41, 5.74) is 4.15. The molecule has 3 nitrogen and oxygen atoms in total. The second-order valence-electron chi connectivity index (χ2n) is 6.09. The number of aryl methyl sites for hydroxylation is 3. The van der Waals surface area contributed by atoms with Crippen molar-refractivity contribution in [3.63, 3.8) is 0 Å². The molecule has 2 rings (SSSR count). The summed E-state index contributed by atoms with van der Waals surface area (Å²) in [6, 6.07) is 7.72. The lowest BCUT2D eigenvalue weighted by atomic mass is 9.97. The van der Waals surface area contributed by atoms with Crippen molar-refractivity contribution in [3.05, 3.63) is 69.0 Å². The lowest BCUT2D eigenvalue weighted by Gasteiger charge is -2.19. The van der Waals surface area contributed by atoms with Crippen molar-refractivity contribution in [1.82, 2.24) is 4.72 Å². The number of nitrogens with one attached hydrogen (secondary N) is 1. The number of hydrogen-bond donors (Lipinski definition) is 1. The number of sulfonamides is 1. The summed E-state index contributed by atoms with van der Waals surface area (Å²) >= 11 is 5.92. The molecule has 0 radical (unpaired) electrons. The van der Waals surface area contributed by atoms with E-state index in [0.717, 1.165) is 22.3 Å². The molecule has 24 heavy (non-hydrogen) atoms. The highest BCUT2D eigenvalue weighted by atomic mass is 35.5. The molecule has 0 unspecified atom stereocenters. The van der Waals surface area contributed by atoms with Crippen LogP contribution in [-0.2, 0) is 15.8 Å². The zero-order chi connectivity index (χ0) is 18.1. The summed E-state index contributed by atoms with van der Waals surface area (Å²) in [6.45, 7) is 7.72. The van der Waals surface area contributed by atoms with Crippen LogP contribution in [0.4, 0.5) is 4.39 Å². The highest BCUT2D eigenvalue weighted by Gasteiger charge is 2.21. The summed E-state index contributed by atoms with van der Waals surface area (Å²) in [5.74, 6) is -1.12. The van der Waals surface area contributed by atoms with Gasteiger partial charge in [0.25, 0.3) is 0 Å². The van der Waals surface area contributed by atoms with Crippen molar-refractivity contribution < 1.29 is 12.8 Å². The van der Waals surface area contributed by atoms with Crippen molar-refractivity contribution >= 4 is 21.6 Å². The smallest absolute Gasteiger partial charge is 0.212 e. The number of rotatable bonds is 5. The second kappa shape index (κ2) is 7.21. The molecular formula is C18H21ClFNO2S. The van der Waals surface area contributed by atoms with Gasteiger partial charge in [0.2, 0.25) is 10.0 Å². The van der Waals surface area contributed by atoms with Gasteiger partial charge >= 0.3 is 0 Å². The third kappa shape index (κ3) is 4.35. The van der Waals surface area contributed by atoms with Crippen LogP contribution in [-0.4, -0.2) is 8.42 Å². The van der Waals surface area contributed by atoms with Crippen molar-refractivity contribution in [3.8, 4) is 0 Å². The first-order valence-corrected chi connectivity index (χ1v) is 9.64. The van der Waals surface area contributed by atoms with Crippen LogP contribution in [0, 0.1) is 26.6 Å². The maximum Gasteiger partial charge on any atom is 0.216 e. The van der Waals surface area contributed by atoms with Crippen LogP contribution >= 0.6 is 11.6 Å². The largest absolute Gasteiger partial charge is 0.216 e. The lowest BCUT2D eigenvalue weighted by Crippen LogP contribution is -2.29. The average molecular weight is 370 g/mol. The Morgan fingerprint density at radius 1 is 1.12 bits per heavy atom. The molecular weight excluding hydrogens is 349 g/mol. The summed E-state index contributed by atoms with van der Waals surface area (Å²) in [4.78, 5) is 0. The van der Waals surface area contributed by atoms with Crippen molar-refractivity contribution in [2.45, 2.75) is 39.5 Å². The maximum atomic E-state index is 13.8. The highest BCUT2D eigenvalue weighted by Crippen LogP contribution is 2.25. The van der Waals surface area contributed by atoms with Gasteiger partial charge in [0.05, 0.1) is 5.75 Å². The molecule has 0 spiro atoms. The van der Waals surface area contributed by atoms with Gasteiger partial charge in [0.1, 0.15) is 5.82 Å². The number of benzene rings is 2. The zero-order valence-corrected chi connectivity index (χ0v) is 15.7. The summed E-state index contributed by atoms with van der Waals surface area (Å²) in [5, 5.41) is 0.107. The number of halogens is 2. The third-order valence-corrected chi connectivity index (χ3v) is 5.84. The van der Waals surface area contributed by atoms with E-state index in [1.54, 1.807) is 6.92 Å². The van der Waals surface area contributed by atoms with E-state index >= 15 is 0 Å². The standard InChI is InChI=1S/C18H21ClFNO2S/c1-11-8-13(3)15(9-12(11)2)14(4)21-24(22,23)10-16-17(19)6-5-7-18(16)20/h5-9,14,21H,10H2,1-4H3/t14-/m1/s1. The summed E-state index contributed by atoms with van der Waals surface area (Å²) in [7, 11) is -3.74. The zero-order valence-electron chi connectivity index (χ0n) is 14.2. The van der Waals surface area contributed by atoms with E-state index in [9.17, 15) is 12.8 Å². The molecule has 6 heteroatoms. The van der Waals surface area contributed by atoms with E-state index in [-0.39, 0.29) is 10.6 Å². The first kappa shape index (κ1) is 18.9. The van der Waals surface area contributed by atoms with E-state index < -0.39 is 27.6 Å². The maximum absolute atomic E-state index is 13.8. The molecule has 1 N–H and O–H groups in total. The van der Waals surface area contributed by atoms with E-state index in [1.807, 2.05) is 32.9 Å². The normalized spacial score (nSPS) is 13.1. The Morgan fingerprint density at radius 2 is 1.75 bits per heavy atom. The topological polar surface area (TPSA) is 46.2 Å². The SMILES string of the molecule is Cc1cc(C)c([C@@H](C)NS(=O)(=O)Cc2c(F)cccc2Cl)cc1C. The lowest BCUT2D eigenvalue weighted by molar-refractivity contribution is 0.561. The van der Waals surface area contributed by atoms with Crippen LogP contribution in [0.2, 0.25) is 5.02 Å². The van der Waals surface area contributed by atoms with Gasteiger partial charge in [-0.25, -0.2) is 17.5 Å². The molecule has 0 heterocycles. The molecule has 0 saturated carbocycles. The van der Waals surface area contributed by atoms with E-state index in [0.29, 0.717) is 0 Å². The molecule has 2 aromatic carbocycles. The Labute approximate surface area is 147 Å². The van der Waals surface area contributed by atoms with Crippen molar-refractivity contribution in [1.29, 1.82) is 0 Å². The predicted molar refractivity (Wildman–Crippen MR) is 96.2 cm³/mol. The molecule has 1 atom stereocenters. The van der Waals surface area contributed by atoms with Crippen LogP contribution in [0.25, 0.3) is 0 Å². The quantitative estimate of drug-likeness (QED) is 0.838. The Kier molecular flexibility index (Phi) is 5.68. The van der Waals surface area contributed by atoms with Crippen LogP contribution in [0.1, 0.15) is 40.8 Å². The summed E-state index contributed by atoms with van der Waals surface area (Å²) in [6.07, 6.45) is 0.